The Bertz CT molecular complexity index is 901. The van der Waals surface area contributed by atoms with Gasteiger partial charge in [0.1, 0.15) is 5.82 Å². The Kier molecular flexibility index (Phi) is 8.07. The maximum absolute atomic E-state index is 6.53. The lowest BCUT2D eigenvalue weighted by molar-refractivity contribution is 0.453. The number of benzene rings is 2. The summed E-state index contributed by atoms with van der Waals surface area (Å²) < 4.78 is 0. The van der Waals surface area contributed by atoms with Gasteiger partial charge in [0.05, 0.1) is 5.03 Å². The summed E-state index contributed by atoms with van der Waals surface area (Å²) in [4.78, 5) is 3.93. The van der Waals surface area contributed by atoms with Crippen molar-refractivity contribution < 1.29 is 0 Å². The fourth-order valence-corrected chi connectivity index (χ4v) is 2.99. The number of allylic oxidation sites excluding steroid dienone is 2. The highest BCUT2D eigenvalue weighted by Gasteiger charge is 2.18. The largest absolute Gasteiger partial charge is 0.368 e. The zero-order chi connectivity index (χ0) is 21.4. The van der Waals surface area contributed by atoms with Crippen molar-refractivity contribution in [2.45, 2.75) is 26.3 Å². The summed E-state index contributed by atoms with van der Waals surface area (Å²) in [6, 6.07) is 18.5. The van der Waals surface area contributed by atoms with Crippen molar-refractivity contribution >= 4 is 17.6 Å². The first kappa shape index (κ1) is 22.3. The van der Waals surface area contributed by atoms with Crippen LogP contribution in [0, 0.1) is 0 Å². The van der Waals surface area contributed by atoms with Crippen LogP contribution in [0.25, 0.3) is 11.1 Å². The maximum atomic E-state index is 6.53. The molecule has 2 rings (SSSR count). The summed E-state index contributed by atoms with van der Waals surface area (Å²) in [6.45, 7) is 11.5. The van der Waals surface area contributed by atoms with Crippen molar-refractivity contribution in [3.63, 3.8) is 0 Å². The lowest BCUT2D eigenvalue weighted by atomic mass is 10.0. The second-order valence-electron chi connectivity index (χ2n) is 6.51. The number of rotatable bonds is 8. The summed E-state index contributed by atoms with van der Waals surface area (Å²) >= 11 is 6.53. The average molecular weight is 410 g/mol. The Morgan fingerprint density at radius 1 is 1.17 bits per heavy atom. The number of aliphatic imine (C=N–C) groups is 1. The number of hydrogen-bond donors (Lipinski definition) is 3. The molecule has 0 amide bonds. The van der Waals surface area contributed by atoms with E-state index in [0.717, 1.165) is 16.7 Å². The maximum Gasteiger partial charge on any atom is 0.216 e. The quantitative estimate of drug-likeness (QED) is 0.188. The van der Waals surface area contributed by atoms with Gasteiger partial charge in [-0.25, -0.2) is 15.8 Å². The van der Waals surface area contributed by atoms with Crippen molar-refractivity contribution in [1.29, 1.82) is 0 Å². The predicted molar refractivity (Wildman–Crippen MR) is 124 cm³/mol. The minimum absolute atomic E-state index is 0.0659. The van der Waals surface area contributed by atoms with Crippen molar-refractivity contribution in [3.8, 4) is 11.1 Å². The fourth-order valence-electron chi connectivity index (χ4n) is 2.71. The molecule has 5 nitrogen and oxygen atoms in total. The van der Waals surface area contributed by atoms with Crippen molar-refractivity contribution in [1.82, 2.24) is 10.3 Å². The fraction of sp³-hybridized carbons (Fsp3) is 0.174. The van der Waals surface area contributed by atoms with E-state index in [9.17, 15) is 0 Å². The lowest BCUT2D eigenvalue weighted by Crippen LogP contribution is -2.47. The Hall–Kier alpha value is -3.02. The summed E-state index contributed by atoms with van der Waals surface area (Å²) in [5.74, 6) is 6.65. The van der Waals surface area contributed by atoms with E-state index >= 15 is 0 Å². The van der Waals surface area contributed by atoms with Gasteiger partial charge < -0.3 is 11.1 Å². The van der Waals surface area contributed by atoms with E-state index in [2.05, 4.69) is 59.9 Å². The van der Waals surface area contributed by atoms with Gasteiger partial charge in [-0.3, -0.25) is 0 Å². The average Bonchev–Trinajstić information content (AvgIpc) is 2.76. The molecule has 0 aliphatic carbocycles. The number of hydrazine groups is 1. The first-order chi connectivity index (χ1) is 13.9. The molecule has 0 bridgehead atoms. The van der Waals surface area contributed by atoms with E-state index in [4.69, 9.17) is 23.2 Å². The molecule has 0 aromatic heterocycles. The number of nitrogens with one attached hydrogen (secondary N) is 1. The molecule has 2 aromatic carbocycles. The van der Waals surface area contributed by atoms with Gasteiger partial charge in [0.15, 0.2) is 0 Å². The number of hydrogen-bond acceptors (Lipinski definition) is 3. The number of halogens is 1. The standard InChI is InChI=1S/C23H28ClN5/c1-5-16(3)21(24)22(29(26)23(25)27-6-2)28-17(4)18-12-14-20(15-13-18)19-10-8-7-9-11-19/h6-15,17,28H,2-3,5,26H2,1,4H3,(H2,25,27)/b22-21+. The monoisotopic (exact) mass is 409 g/mol. The van der Waals surface area contributed by atoms with Crippen molar-refractivity contribution in [2.75, 3.05) is 0 Å². The molecule has 1 unspecified atom stereocenters. The van der Waals surface area contributed by atoms with Crippen molar-refractivity contribution in [2.24, 2.45) is 16.6 Å². The molecule has 29 heavy (non-hydrogen) atoms. The van der Waals surface area contributed by atoms with Crippen LogP contribution in [-0.2, 0) is 0 Å². The van der Waals surface area contributed by atoms with Crippen LogP contribution in [0.4, 0.5) is 0 Å². The molecule has 0 aliphatic rings. The van der Waals surface area contributed by atoms with Crippen LogP contribution in [0.5, 0.6) is 0 Å². The Balaban J connectivity index is 2.29. The third kappa shape index (κ3) is 5.73. The molecule has 6 heteroatoms. The highest BCUT2D eigenvalue weighted by molar-refractivity contribution is 6.32. The van der Waals surface area contributed by atoms with E-state index in [1.165, 1.54) is 16.8 Å². The second kappa shape index (κ2) is 10.5. The summed E-state index contributed by atoms with van der Waals surface area (Å²) in [5, 5.41) is 4.95. The highest BCUT2D eigenvalue weighted by Crippen LogP contribution is 2.25. The Labute approximate surface area is 178 Å². The molecule has 0 aliphatic heterocycles. The van der Waals surface area contributed by atoms with Gasteiger partial charge in [-0.05, 0) is 35.6 Å². The minimum Gasteiger partial charge on any atom is -0.368 e. The molecule has 5 N–H and O–H groups in total. The van der Waals surface area contributed by atoms with Gasteiger partial charge in [0.25, 0.3) is 0 Å². The summed E-state index contributed by atoms with van der Waals surface area (Å²) in [5.41, 5.74) is 10.1. The van der Waals surface area contributed by atoms with Crippen LogP contribution >= 0.6 is 11.6 Å². The van der Waals surface area contributed by atoms with Crippen LogP contribution < -0.4 is 16.9 Å². The van der Waals surface area contributed by atoms with Gasteiger partial charge in [-0.1, -0.05) is 86.3 Å². The minimum atomic E-state index is -0.0872. The molecule has 152 valence electrons. The lowest BCUT2D eigenvalue weighted by Gasteiger charge is -2.27. The van der Waals surface area contributed by atoms with Crippen LogP contribution in [0.2, 0.25) is 0 Å². The first-order valence-electron chi connectivity index (χ1n) is 9.37. The van der Waals surface area contributed by atoms with Crippen LogP contribution in [0.3, 0.4) is 0 Å². The third-order valence-corrected chi connectivity index (χ3v) is 4.97. The smallest absolute Gasteiger partial charge is 0.216 e. The van der Waals surface area contributed by atoms with E-state index in [0.29, 0.717) is 17.3 Å². The SMILES string of the molecule is C=C/N=C(/N)N(N)/C(NC(C)c1ccc(-c2ccccc2)cc1)=C(/Cl)C(=C)CC. The van der Waals surface area contributed by atoms with Gasteiger partial charge in [0, 0.05) is 12.2 Å². The predicted octanol–water partition coefficient (Wildman–Crippen LogP) is 5.01. The second-order valence-corrected chi connectivity index (χ2v) is 6.89. The topological polar surface area (TPSA) is 79.7 Å². The van der Waals surface area contributed by atoms with Crippen LogP contribution in [-0.4, -0.2) is 11.0 Å². The van der Waals surface area contributed by atoms with E-state index in [1.807, 2.05) is 32.0 Å². The molecule has 0 spiro atoms. The number of guanidine groups is 1. The van der Waals surface area contributed by atoms with E-state index in [-0.39, 0.29) is 12.0 Å². The first-order valence-corrected chi connectivity index (χ1v) is 9.75. The highest BCUT2D eigenvalue weighted by atomic mass is 35.5. The van der Waals surface area contributed by atoms with Crippen molar-refractivity contribution in [3.05, 3.63) is 95.9 Å². The molecule has 2 aromatic rings. The Morgan fingerprint density at radius 2 is 1.76 bits per heavy atom. The normalized spacial score (nSPS) is 13.3. The molecule has 1 atom stereocenters. The van der Waals surface area contributed by atoms with Gasteiger partial charge >= 0.3 is 0 Å². The molecule has 0 saturated carbocycles. The third-order valence-electron chi connectivity index (χ3n) is 4.53. The van der Waals surface area contributed by atoms with E-state index in [1.54, 1.807) is 0 Å². The number of nitrogens with two attached hydrogens (primary N) is 2. The summed E-state index contributed by atoms with van der Waals surface area (Å²) in [6.07, 6.45) is 2.00. The van der Waals surface area contributed by atoms with Crippen LogP contribution in [0.1, 0.15) is 31.9 Å². The molecule has 0 saturated heterocycles. The van der Waals surface area contributed by atoms with Crippen LogP contribution in [0.15, 0.2) is 95.4 Å². The molecule has 0 fully saturated rings. The molecule has 0 heterocycles. The van der Waals surface area contributed by atoms with Gasteiger partial charge in [-0.15, -0.1) is 0 Å². The molecule has 0 radical (unpaired) electrons. The summed E-state index contributed by atoms with van der Waals surface area (Å²) in [7, 11) is 0. The van der Waals surface area contributed by atoms with Gasteiger partial charge in [0.2, 0.25) is 5.96 Å². The van der Waals surface area contributed by atoms with Gasteiger partial charge in [-0.2, -0.15) is 0 Å². The molecular weight excluding hydrogens is 382 g/mol. The Morgan fingerprint density at radius 3 is 2.31 bits per heavy atom. The zero-order valence-electron chi connectivity index (χ0n) is 16.9. The molecular formula is C23H28ClN5. The zero-order valence-corrected chi connectivity index (χ0v) is 17.7. The number of nitrogens with zero attached hydrogens (tertiary/aromatic N) is 2. The van der Waals surface area contributed by atoms with E-state index < -0.39 is 0 Å².